The van der Waals surface area contributed by atoms with Crippen LogP contribution in [0.25, 0.3) is 0 Å². The van der Waals surface area contributed by atoms with Gasteiger partial charge in [0.1, 0.15) is 0 Å². The molecule has 0 saturated carbocycles. The van der Waals surface area contributed by atoms with Gasteiger partial charge >= 0.3 is 0 Å². The van der Waals surface area contributed by atoms with Crippen LogP contribution in [-0.2, 0) is 17.8 Å². The Morgan fingerprint density at radius 3 is 2.56 bits per heavy atom. The van der Waals surface area contributed by atoms with Gasteiger partial charge in [-0.3, -0.25) is 0 Å². The van der Waals surface area contributed by atoms with Crippen molar-refractivity contribution < 1.29 is 19.0 Å². The Kier molecular flexibility index (Phi) is 4.71. The topological polar surface area (TPSA) is 38.7 Å². The molecule has 1 aromatic carbocycles. The summed E-state index contributed by atoms with van der Waals surface area (Å²) >= 11 is 0. The van der Waals surface area contributed by atoms with Crippen LogP contribution in [-0.4, -0.2) is 25.4 Å². The maximum atomic E-state index is 13.6. The zero-order chi connectivity index (χ0) is 12.1. The Balaban J connectivity index is 3.09. The molecule has 0 radical (unpaired) electrons. The number of methoxy groups -OCH3 is 2. The van der Waals surface area contributed by atoms with Gasteiger partial charge < -0.3 is 14.6 Å². The van der Waals surface area contributed by atoms with E-state index in [-0.39, 0.29) is 5.75 Å². The molecular formula is C12H17FO3. The summed E-state index contributed by atoms with van der Waals surface area (Å²) in [5.74, 6) is -0.228. The van der Waals surface area contributed by atoms with Crippen molar-refractivity contribution in [2.75, 3.05) is 14.2 Å². The van der Waals surface area contributed by atoms with Crippen molar-refractivity contribution in [2.45, 2.75) is 26.1 Å². The van der Waals surface area contributed by atoms with Crippen molar-refractivity contribution in [1.29, 1.82) is 0 Å². The number of rotatable bonds is 5. The van der Waals surface area contributed by atoms with Gasteiger partial charge in [0.25, 0.3) is 0 Å². The number of benzene rings is 1. The second-order valence-electron chi connectivity index (χ2n) is 3.76. The van der Waals surface area contributed by atoms with Crippen molar-refractivity contribution in [3.05, 3.63) is 29.1 Å². The van der Waals surface area contributed by atoms with Crippen molar-refractivity contribution >= 4 is 0 Å². The first-order valence-corrected chi connectivity index (χ1v) is 5.10. The molecule has 4 heteroatoms. The van der Waals surface area contributed by atoms with Crippen LogP contribution in [0.5, 0.6) is 5.75 Å². The highest BCUT2D eigenvalue weighted by Crippen LogP contribution is 2.26. The van der Waals surface area contributed by atoms with Gasteiger partial charge in [0.2, 0.25) is 0 Å². The molecule has 0 aliphatic rings. The lowest BCUT2D eigenvalue weighted by Gasteiger charge is -2.13. The molecule has 1 rings (SSSR count). The summed E-state index contributed by atoms with van der Waals surface area (Å²) < 4.78 is 23.6. The van der Waals surface area contributed by atoms with Crippen LogP contribution in [0, 0.1) is 5.82 Å². The van der Waals surface area contributed by atoms with Crippen LogP contribution in [0.4, 0.5) is 4.39 Å². The SMILES string of the molecule is COCc1cc(F)c(OC)c(CC(C)O)c1. The fourth-order valence-electron chi connectivity index (χ4n) is 1.66. The molecule has 3 nitrogen and oxygen atoms in total. The van der Waals surface area contributed by atoms with Crippen molar-refractivity contribution in [3.63, 3.8) is 0 Å². The standard InChI is InChI=1S/C12H17FO3/c1-8(14)4-10-5-9(7-15-2)6-11(13)12(10)16-3/h5-6,8,14H,4,7H2,1-3H3. The number of aliphatic hydroxyl groups excluding tert-OH is 1. The highest BCUT2D eigenvalue weighted by molar-refractivity contribution is 5.39. The molecule has 0 spiro atoms. The summed E-state index contributed by atoms with van der Waals surface area (Å²) in [4.78, 5) is 0. The van der Waals surface area contributed by atoms with Crippen LogP contribution in [0.2, 0.25) is 0 Å². The molecule has 0 bridgehead atoms. The van der Waals surface area contributed by atoms with Gasteiger partial charge in [-0.15, -0.1) is 0 Å². The molecule has 0 saturated heterocycles. The largest absolute Gasteiger partial charge is 0.493 e. The predicted molar refractivity (Wildman–Crippen MR) is 59.0 cm³/mol. The number of aliphatic hydroxyl groups is 1. The Morgan fingerprint density at radius 2 is 2.06 bits per heavy atom. The molecule has 0 amide bonds. The van der Waals surface area contributed by atoms with E-state index in [0.29, 0.717) is 18.6 Å². The molecule has 1 N–H and O–H groups in total. The quantitative estimate of drug-likeness (QED) is 0.836. The maximum Gasteiger partial charge on any atom is 0.165 e. The minimum atomic E-state index is -0.536. The monoisotopic (exact) mass is 228 g/mol. The zero-order valence-corrected chi connectivity index (χ0v) is 9.79. The number of hydrogen-bond acceptors (Lipinski definition) is 3. The van der Waals surface area contributed by atoms with E-state index >= 15 is 0 Å². The number of hydrogen-bond donors (Lipinski definition) is 1. The smallest absolute Gasteiger partial charge is 0.165 e. The van der Waals surface area contributed by atoms with Gasteiger partial charge in [-0.1, -0.05) is 0 Å². The maximum absolute atomic E-state index is 13.6. The first-order valence-electron chi connectivity index (χ1n) is 5.10. The molecule has 0 fully saturated rings. The molecule has 1 atom stereocenters. The highest BCUT2D eigenvalue weighted by atomic mass is 19.1. The van der Waals surface area contributed by atoms with Gasteiger partial charge in [0.15, 0.2) is 11.6 Å². The summed E-state index contributed by atoms with van der Waals surface area (Å²) in [7, 11) is 2.97. The Bertz CT molecular complexity index is 350. The molecule has 0 aromatic heterocycles. The molecule has 0 aliphatic carbocycles. The van der Waals surface area contributed by atoms with E-state index in [9.17, 15) is 9.50 Å². The van der Waals surface area contributed by atoms with Gasteiger partial charge in [-0.05, 0) is 24.6 Å². The summed E-state index contributed by atoms with van der Waals surface area (Å²) in [5.41, 5.74) is 1.39. The second-order valence-corrected chi connectivity index (χ2v) is 3.76. The Labute approximate surface area is 94.8 Å². The van der Waals surface area contributed by atoms with Crippen molar-refractivity contribution in [2.24, 2.45) is 0 Å². The Hall–Kier alpha value is -1.13. The van der Waals surface area contributed by atoms with Gasteiger partial charge in [-0.25, -0.2) is 4.39 Å². The lowest BCUT2D eigenvalue weighted by Crippen LogP contribution is -2.07. The lowest BCUT2D eigenvalue weighted by atomic mass is 10.0. The fraction of sp³-hybridized carbons (Fsp3) is 0.500. The van der Waals surface area contributed by atoms with Crippen LogP contribution in [0.15, 0.2) is 12.1 Å². The summed E-state index contributed by atoms with van der Waals surface area (Å²) in [6, 6.07) is 3.17. The van der Waals surface area contributed by atoms with Crippen LogP contribution < -0.4 is 4.74 Å². The minimum Gasteiger partial charge on any atom is -0.493 e. The van der Waals surface area contributed by atoms with Crippen LogP contribution in [0.3, 0.4) is 0 Å². The summed E-state index contributed by atoms with van der Waals surface area (Å²) in [5, 5.41) is 9.33. The molecule has 16 heavy (non-hydrogen) atoms. The molecule has 90 valence electrons. The number of ether oxygens (including phenoxy) is 2. The lowest BCUT2D eigenvalue weighted by molar-refractivity contribution is 0.183. The Morgan fingerprint density at radius 1 is 1.38 bits per heavy atom. The molecular weight excluding hydrogens is 211 g/mol. The molecule has 0 heterocycles. The first-order chi connectivity index (χ1) is 7.58. The highest BCUT2D eigenvalue weighted by Gasteiger charge is 2.13. The van der Waals surface area contributed by atoms with Gasteiger partial charge in [-0.2, -0.15) is 0 Å². The first kappa shape index (κ1) is 12.9. The molecule has 1 unspecified atom stereocenters. The summed E-state index contributed by atoms with van der Waals surface area (Å²) in [6.45, 7) is 1.99. The average Bonchev–Trinajstić information content (AvgIpc) is 2.16. The average molecular weight is 228 g/mol. The van der Waals surface area contributed by atoms with E-state index in [4.69, 9.17) is 9.47 Å². The van der Waals surface area contributed by atoms with E-state index in [1.54, 1.807) is 20.1 Å². The van der Waals surface area contributed by atoms with E-state index in [2.05, 4.69) is 0 Å². The van der Waals surface area contributed by atoms with E-state index in [1.165, 1.54) is 13.2 Å². The summed E-state index contributed by atoms with van der Waals surface area (Å²) in [6.07, 6.45) is -0.177. The fourth-order valence-corrected chi connectivity index (χ4v) is 1.66. The van der Waals surface area contributed by atoms with Crippen LogP contribution in [0.1, 0.15) is 18.1 Å². The van der Waals surface area contributed by atoms with E-state index in [1.807, 2.05) is 0 Å². The third-order valence-corrected chi connectivity index (χ3v) is 2.21. The van der Waals surface area contributed by atoms with Gasteiger partial charge in [0.05, 0.1) is 19.8 Å². The van der Waals surface area contributed by atoms with Crippen molar-refractivity contribution in [3.8, 4) is 5.75 Å². The molecule has 1 aromatic rings. The second kappa shape index (κ2) is 5.82. The van der Waals surface area contributed by atoms with E-state index < -0.39 is 11.9 Å². The third-order valence-electron chi connectivity index (χ3n) is 2.21. The molecule has 0 aliphatic heterocycles. The van der Waals surface area contributed by atoms with E-state index in [0.717, 1.165) is 5.56 Å². The van der Waals surface area contributed by atoms with Crippen LogP contribution >= 0.6 is 0 Å². The zero-order valence-electron chi connectivity index (χ0n) is 9.79. The predicted octanol–water partition coefficient (Wildman–Crippen LogP) is 1.90. The van der Waals surface area contributed by atoms with Crippen molar-refractivity contribution in [1.82, 2.24) is 0 Å². The van der Waals surface area contributed by atoms with Gasteiger partial charge in [0, 0.05) is 19.1 Å². The third kappa shape index (κ3) is 3.18. The number of halogens is 1. The normalized spacial score (nSPS) is 12.6. The minimum absolute atomic E-state index is 0.195.